The number of nitrogens with zero attached hydrogens (tertiary/aromatic N) is 1. The zero-order valence-electron chi connectivity index (χ0n) is 16.9. The van der Waals surface area contributed by atoms with Gasteiger partial charge in [-0.1, -0.05) is 13.8 Å². The van der Waals surface area contributed by atoms with Crippen LogP contribution in [-0.2, 0) is 6.54 Å². The van der Waals surface area contributed by atoms with Gasteiger partial charge in [-0.2, -0.15) is 0 Å². The molecule has 1 aromatic carbocycles. The molecule has 0 aliphatic carbocycles. The molecule has 27 heavy (non-hydrogen) atoms. The number of rotatable bonds is 8. The number of aromatic hydroxyl groups is 1. The van der Waals surface area contributed by atoms with Crippen LogP contribution < -0.4 is 20.1 Å². The van der Waals surface area contributed by atoms with Crippen LogP contribution in [0.15, 0.2) is 12.1 Å². The van der Waals surface area contributed by atoms with Crippen LogP contribution in [0.3, 0.4) is 0 Å². The predicted octanol–water partition coefficient (Wildman–Crippen LogP) is 2.58. The number of benzene rings is 1. The second-order valence-corrected chi connectivity index (χ2v) is 7.52. The predicted molar refractivity (Wildman–Crippen MR) is 105 cm³/mol. The van der Waals surface area contributed by atoms with Crippen molar-refractivity contribution in [3.05, 3.63) is 17.7 Å². The molecule has 1 saturated heterocycles. The summed E-state index contributed by atoms with van der Waals surface area (Å²) in [5.41, 5.74) is 0.785. The molecule has 7 heteroatoms. The van der Waals surface area contributed by atoms with Gasteiger partial charge >= 0.3 is 6.03 Å². The first kappa shape index (κ1) is 21.2. The van der Waals surface area contributed by atoms with E-state index in [1.807, 2.05) is 0 Å². The molecule has 0 radical (unpaired) electrons. The van der Waals surface area contributed by atoms with Crippen molar-refractivity contribution in [3.63, 3.8) is 0 Å². The third-order valence-electron chi connectivity index (χ3n) is 4.87. The first-order valence-corrected chi connectivity index (χ1v) is 9.60. The molecule has 1 heterocycles. The Bertz CT molecular complexity index is 588. The summed E-state index contributed by atoms with van der Waals surface area (Å²) in [4.78, 5) is 14.5. The molecule has 2 rings (SSSR count). The number of hydrogen-bond donors (Lipinski definition) is 3. The number of nitrogens with one attached hydrogen (secondary N) is 2. The maximum absolute atomic E-state index is 12.0. The van der Waals surface area contributed by atoms with Crippen LogP contribution in [0, 0.1) is 11.8 Å². The highest BCUT2D eigenvalue weighted by Gasteiger charge is 2.21. The number of phenolic OH excluding ortho intramolecular Hbond substituents is 1. The van der Waals surface area contributed by atoms with Gasteiger partial charge in [0.25, 0.3) is 0 Å². The number of hydrogen-bond acceptors (Lipinski definition) is 5. The first-order chi connectivity index (χ1) is 12.9. The van der Waals surface area contributed by atoms with Gasteiger partial charge in [0.15, 0.2) is 11.5 Å². The Morgan fingerprint density at radius 2 is 1.74 bits per heavy atom. The number of carbonyl (C=O) groups is 1. The van der Waals surface area contributed by atoms with Crippen molar-refractivity contribution in [3.8, 4) is 17.2 Å². The number of methoxy groups -OCH3 is 2. The van der Waals surface area contributed by atoms with E-state index in [-0.39, 0.29) is 11.8 Å². The number of carbonyl (C=O) groups excluding carboxylic acids is 1. The van der Waals surface area contributed by atoms with Gasteiger partial charge in [-0.05, 0) is 48.9 Å². The molecule has 2 amide bonds. The number of ether oxygens (including phenoxy) is 2. The molecule has 1 aliphatic rings. The number of phenols is 1. The lowest BCUT2D eigenvalue weighted by Crippen LogP contribution is -2.41. The molecule has 0 aromatic heterocycles. The summed E-state index contributed by atoms with van der Waals surface area (Å²) < 4.78 is 10.2. The van der Waals surface area contributed by atoms with Crippen LogP contribution in [0.5, 0.6) is 17.2 Å². The van der Waals surface area contributed by atoms with E-state index in [4.69, 9.17) is 9.47 Å². The number of likely N-dealkylation sites (tertiary alicyclic amines) is 1. The Balaban J connectivity index is 1.70. The highest BCUT2D eigenvalue weighted by atomic mass is 16.5. The summed E-state index contributed by atoms with van der Waals surface area (Å²) >= 11 is 0. The molecule has 2 atom stereocenters. The third kappa shape index (κ3) is 6.50. The fourth-order valence-corrected chi connectivity index (χ4v) is 3.77. The summed E-state index contributed by atoms with van der Waals surface area (Å²) in [6, 6.07) is 3.15. The smallest absolute Gasteiger partial charge is 0.315 e. The number of piperidine rings is 1. The van der Waals surface area contributed by atoms with Crippen molar-refractivity contribution < 1.29 is 19.4 Å². The molecule has 0 saturated carbocycles. The Hall–Kier alpha value is -2.15. The van der Waals surface area contributed by atoms with Crippen molar-refractivity contribution >= 4 is 6.03 Å². The molecule has 7 nitrogen and oxygen atoms in total. The lowest BCUT2D eigenvalue weighted by Gasteiger charge is -2.34. The minimum Gasteiger partial charge on any atom is -0.502 e. The van der Waals surface area contributed by atoms with Crippen molar-refractivity contribution in [1.29, 1.82) is 0 Å². The number of urea groups is 1. The van der Waals surface area contributed by atoms with Crippen LogP contribution in [-0.4, -0.2) is 56.4 Å². The largest absolute Gasteiger partial charge is 0.502 e. The Labute approximate surface area is 162 Å². The Morgan fingerprint density at radius 1 is 1.15 bits per heavy atom. The molecule has 1 aromatic rings. The highest BCUT2D eigenvalue weighted by molar-refractivity contribution is 5.73. The second kappa shape index (κ2) is 10.3. The molecule has 1 fully saturated rings. The van der Waals surface area contributed by atoms with Crippen molar-refractivity contribution in [1.82, 2.24) is 15.5 Å². The normalized spacial score (nSPS) is 20.1. The van der Waals surface area contributed by atoms with Gasteiger partial charge < -0.3 is 30.1 Å². The SMILES string of the molecule is COc1cc(CNC(=O)NCCCN2C[C@H](C)C[C@H](C)C2)cc(OC)c1O. The summed E-state index contributed by atoms with van der Waals surface area (Å²) in [6.45, 7) is 8.90. The van der Waals surface area contributed by atoms with Gasteiger partial charge in [-0.25, -0.2) is 4.79 Å². The Morgan fingerprint density at radius 3 is 2.30 bits per heavy atom. The second-order valence-electron chi connectivity index (χ2n) is 7.52. The molecular formula is C20H33N3O4. The summed E-state index contributed by atoms with van der Waals surface area (Å²) in [5.74, 6) is 2.09. The van der Waals surface area contributed by atoms with Crippen LogP contribution in [0.2, 0.25) is 0 Å². The molecule has 152 valence electrons. The monoisotopic (exact) mass is 379 g/mol. The Kier molecular flexibility index (Phi) is 8.03. The van der Waals surface area contributed by atoms with Gasteiger partial charge in [-0.3, -0.25) is 0 Å². The van der Waals surface area contributed by atoms with E-state index in [2.05, 4.69) is 29.4 Å². The summed E-state index contributed by atoms with van der Waals surface area (Å²) in [6.07, 6.45) is 2.25. The van der Waals surface area contributed by atoms with E-state index < -0.39 is 0 Å². The van der Waals surface area contributed by atoms with Gasteiger partial charge in [-0.15, -0.1) is 0 Å². The molecule has 0 bridgehead atoms. The minimum atomic E-state index is -0.207. The first-order valence-electron chi connectivity index (χ1n) is 9.60. The molecular weight excluding hydrogens is 346 g/mol. The van der Waals surface area contributed by atoms with E-state index in [1.54, 1.807) is 12.1 Å². The van der Waals surface area contributed by atoms with E-state index >= 15 is 0 Å². The van der Waals surface area contributed by atoms with Crippen molar-refractivity contribution in [2.24, 2.45) is 11.8 Å². The zero-order chi connectivity index (χ0) is 19.8. The highest BCUT2D eigenvalue weighted by Crippen LogP contribution is 2.36. The van der Waals surface area contributed by atoms with Crippen LogP contribution in [0.4, 0.5) is 4.79 Å². The summed E-state index contributed by atoms with van der Waals surface area (Å²) in [5, 5.41) is 15.6. The topological polar surface area (TPSA) is 83.1 Å². The number of amides is 2. The quantitative estimate of drug-likeness (QED) is 0.605. The van der Waals surface area contributed by atoms with Crippen molar-refractivity contribution in [2.45, 2.75) is 33.2 Å². The zero-order valence-corrected chi connectivity index (χ0v) is 16.9. The van der Waals surface area contributed by atoms with E-state index in [0.29, 0.717) is 24.6 Å². The van der Waals surface area contributed by atoms with E-state index in [1.165, 1.54) is 20.6 Å². The standard InChI is InChI=1S/C20H33N3O4/c1-14-8-15(2)13-23(12-14)7-5-6-21-20(25)22-11-16-9-17(26-3)19(24)18(10-16)27-4/h9-10,14-15,24H,5-8,11-13H2,1-4H3,(H2,21,22,25)/t14-,15+. The average molecular weight is 380 g/mol. The molecule has 3 N–H and O–H groups in total. The molecule has 1 aliphatic heterocycles. The van der Waals surface area contributed by atoms with Crippen molar-refractivity contribution in [2.75, 3.05) is 40.4 Å². The van der Waals surface area contributed by atoms with Crippen LogP contribution >= 0.6 is 0 Å². The maximum atomic E-state index is 12.0. The minimum absolute atomic E-state index is 0.0467. The average Bonchev–Trinajstić information content (AvgIpc) is 2.63. The third-order valence-corrected chi connectivity index (χ3v) is 4.87. The fourth-order valence-electron chi connectivity index (χ4n) is 3.77. The summed E-state index contributed by atoms with van der Waals surface area (Å²) in [7, 11) is 2.95. The fraction of sp³-hybridized carbons (Fsp3) is 0.650. The molecule has 0 unspecified atom stereocenters. The van der Waals surface area contributed by atoms with Gasteiger partial charge in [0, 0.05) is 26.2 Å². The lowest BCUT2D eigenvalue weighted by molar-refractivity contribution is 0.139. The van der Waals surface area contributed by atoms with E-state index in [0.717, 1.165) is 43.5 Å². The van der Waals surface area contributed by atoms with Gasteiger partial charge in [0.2, 0.25) is 5.75 Å². The van der Waals surface area contributed by atoms with Gasteiger partial charge in [0.05, 0.1) is 14.2 Å². The van der Waals surface area contributed by atoms with E-state index in [9.17, 15) is 9.90 Å². The van der Waals surface area contributed by atoms with Crippen LogP contribution in [0.1, 0.15) is 32.3 Å². The van der Waals surface area contributed by atoms with Crippen LogP contribution in [0.25, 0.3) is 0 Å². The van der Waals surface area contributed by atoms with Gasteiger partial charge in [0.1, 0.15) is 0 Å². The lowest BCUT2D eigenvalue weighted by atomic mass is 9.92. The maximum Gasteiger partial charge on any atom is 0.315 e. The molecule has 0 spiro atoms.